The Kier molecular flexibility index (Phi) is 3.40. The van der Waals surface area contributed by atoms with Crippen LogP contribution in [-0.2, 0) is 0 Å². The monoisotopic (exact) mass is 231 g/mol. The van der Waals surface area contributed by atoms with Crippen LogP contribution in [0.15, 0.2) is 0 Å². The molecule has 0 spiro atoms. The zero-order chi connectivity index (χ0) is 9.28. The molecule has 0 aliphatic carbocycles. The van der Waals surface area contributed by atoms with Gasteiger partial charge in [0, 0.05) is 0 Å². The maximum atomic E-state index is 9.03. The SMILES string of the molecule is C[Si](C)(C)[CH](C#N)[Ge]([CH3])([CH3])[CH3]. The van der Waals surface area contributed by atoms with E-state index in [1.54, 1.807) is 0 Å². The Morgan fingerprint density at radius 3 is 1.55 bits per heavy atom. The average molecular weight is 230 g/mol. The van der Waals surface area contributed by atoms with E-state index in [1.165, 1.54) is 0 Å². The maximum absolute atomic E-state index is 9.03. The summed E-state index contributed by atoms with van der Waals surface area (Å²) < 4.78 is 0.447. The van der Waals surface area contributed by atoms with Crippen molar-refractivity contribution in [1.29, 1.82) is 5.26 Å². The molecule has 0 bridgehead atoms. The molecule has 0 saturated heterocycles. The molecule has 11 heavy (non-hydrogen) atoms. The van der Waals surface area contributed by atoms with Gasteiger partial charge in [-0.3, -0.25) is 0 Å². The van der Waals surface area contributed by atoms with Crippen molar-refractivity contribution < 1.29 is 0 Å². The summed E-state index contributed by atoms with van der Waals surface area (Å²) in [6, 6.07) is 2.53. The number of rotatable bonds is 2. The molecule has 0 aliphatic heterocycles. The first kappa shape index (κ1) is 11.2. The zero-order valence-electron chi connectivity index (χ0n) is 8.52. The van der Waals surface area contributed by atoms with Crippen molar-refractivity contribution in [3.63, 3.8) is 0 Å². The first-order valence-electron chi connectivity index (χ1n) is 4.09. The fourth-order valence-electron chi connectivity index (χ4n) is 1.69. The normalized spacial score (nSPS) is 15.7. The zero-order valence-corrected chi connectivity index (χ0v) is 11.6. The van der Waals surface area contributed by atoms with Gasteiger partial charge in [-0.25, -0.2) is 0 Å². The summed E-state index contributed by atoms with van der Waals surface area (Å²) in [6.45, 7) is 6.91. The molecule has 0 amide bonds. The summed E-state index contributed by atoms with van der Waals surface area (Å²) >= 11 is -1.70. The van der Waals surface area contributed by atoms with Crippen molar-refractivity contribution in [1.82, 2.24) is 0 Å². The van der Waals surface area contributed by atoms with Gasteiger partial charge in [-0.15, -0.1) is 0 Å². The molecule has 0 heterocycles. The summed E-state index contributed by atoms with van der Waals surface area (Å²) in [5, 5.41) is 9.03. The van der Waals surface area contributed by atoms with Crippen LogP contribution in [0.1, 0.15) is 0 Å². The van der Waals surface area contributed by atoms with Crippen LogP contribution in [0.5, 0.6) is 0 Å². The van der Waals surface area contributed by atoms with Gasteiger partial charge in [0.05, 0.1) is 0 Å². The van der Waals surface area contributed by atoms with Crippen molar-refractivity contribution in [2.75, 3.05) is 0 Å². The quantitative estimate of drug-likeness (QED) is 0.668. The fourth-order valence-corrected chi connectivity index (χ4v) is 21.8. The molecule has 0 N–H and O–H groups in total. The van der Waals surface area contributed by atoms with E-state index in [1.807, 2.05) is 0 Å². The molecule has 0 aromatic carbocycles. The van der Waals surface area contributed by atoms with E-state index in [-0.39, 0.29) is 0 Å². The second-order valence-electron chi connectivity index (χ2n) is 5.29. The summed E-state index contributed by atoms with van der Waals surface area (Å²) in [7, 11) is -1.20. The molecule has 0 aliphatic rings. The predicted molar refractivity (Wildman–Crippen MR) is 56.1 cm³/mol. The molecular formula is C8H19GeNSi. The van der Waals surface area contributed by atoms with Crippen LogP contribution in [0.4, 0.5) is 0 Å². The third kappa shape index (κ3) is 3.44. The third-order valence-corrected chi connectivity index (χ3v) is 17.6. The van der Waals surface area contributed by atoms with E-state index >= 15 is 0 Å². The number of nitrogens with zero attached hydrogens (tertiary/aromatic N) is 1. The number of hydrogen-bond donors (Lipinski definition) is 0. The topological polar surface area (TPSA) is 23.8 Å². The summed E-state index contributed by atoms with van der Waals surface area (Å²) in [5.74, 6) is 7.02. The van der Waals surface area contributed by atoms with Crippen LogP contribution >= 0.6 is 0 Å². The Morgan fingerprint density at radius 2 is 1.55 bits per heavy atom. The molecular weight excluding hydrogens is 211 g/mol. The Morgan fingerprint density at radius 1 is 1.18 bits per heavy atom. The molecule has 0 radical (unpaired) electrons. The second kappa shape index (κ2) is 3.32. The van der Waals surface area contributed by atoms with Crippen LogP contribution < -0.4 is 0 Å². The average Bonchev–Trinajstić information content (AvgIpc) is 1.56. The van der Waals surface area contributed by atoms with Crippen LogP contribution in [-0.4, -0.2) is 21.3 Å². The molecule has 1 nitrogen and oxygen atoms in total. The molecule has 0 rings (SSSR count). The molecule has 0 saturated carbocycles. The molecule has 1 atom stereocenters. The summed E-state index contributed by atoms with van der Waals surface area (Å²) in [4.78, 5) is 0. The van der Waals surface area contributed by atoms with E-state index < -0.39 is 21.3 Å². The van der Waals surface area contributed by atoms with Crippen LogP contribution in [0.25, 0.3) is 0 Å². The van der Waals surface area contributed by atoms with E-state index in [2.05, 4.69) is 43.0 Å². The Labute approximate surface area is 74.2 Å². The molecule has 64 valence electrons. The van der Waals surface area contributed by atoms with Gasteiger partial charge < -0.3 is 0 Å². The first-order chi connectivity index (χ1) is 4.69. The predicted octanol–water partition coefficient (Wildman–Crippen LogP) is 3.10. The number of hydrogen-bond acceptors (Lipinski definition) is 1. The van der Waals surface area contributed by atoms with Gasteiger partial charge in [-0.2, -0.15) is 0 Å². The van der Waals surface area contributed by atoms with Crippen LogP contribution in [0.3, 0.4) is 0 Å². The minimum absolute atomic E-state index is 0.447. The van der Waals surface area contributed by atoms with Crippen molar-refractivity contribution in [2.45, 2.75) is 41.3 Å². The molecule has 3 heteroatoms. The summed E-state index contributed by atoms with van der Waals surface area (Å²) in [5.41, 5.74) is 0. The van der Waals surface area contributed by atoms with Crippen molar-refractivity contribution in [2.24, 2.45) is 0 Å². The van der Waals surface area contributed by atoms with Gasteiger partial charge in [0.2, 0.25) is 0 Å². The Bertz CT molecular complexity index is 156. The van der Waals surface area contributed by atoms with Gasteiger partial charge in [0.25, 0.3) is 0 Å². The second-order valence-corrected chi connectivity index (χ2v) is 23.0. The molecule has 0 aromatic heterocycles. The first-order valence-corrected chi connectivity index (χ1v) is 15.2. The van der Waals surface area contributed by atoms with E-state index in [0.717, 1.165) is 0 Å². The van der Waals surface area contributed by atoms with Gasteiger partial charge in [-0.05, 0) is 0 Å². The van der Waals surface area contributed by atoms with E-state index in [9.17, 15) is 0 Å². The van der Waals surface area contributed by atoms with E-state index in [4.69, 9.17) is 5.26 Å². The Balaban J connectivity index is 4.60. The van der Waals surface area contributed by atoms with Gasteiger partial charge in [0.15, 0.2) is 0 Å². The van der Waals surface area contributed by atoms with Crippen molar-refractivity contribution >= 4 is 21.3 Å². The van der Waals surface area contributed by atoms with Crippen molar-refractivity contribution in [3.05, 3.63) is 0 Å². The fraction of sp³-hybridized carbons (Fsp3) is 0.875. The third-order valence-electron chi connectivity index (χ3n) is 1.86. The van der Waals surface area contributed by atoms with Crippen LogP contribution in [0, 0.1) is 11.3 Å². The Hall–Kier alpha value is 0.250. The van der Waals surface area contributed by atoms with Gasteiger partial charge in [-0.1, -0.05) is 0 Å². The number of nitriles is 1. The molecule has 0 fully saturated rings. The molecule has 0 aromatic rings. The van der Waals surface area contributed by atoms with Crippen LogP contribution in [0.2, 0.25) is 41.3 Å². The minimum atomic E-state index is -1.70. The van der Waals surface area contributed by atoms with E-state index in [0.29, 0.717) is 4.37 Å². The van der Waals surface area contributed by atoms with Crippen molar-refractivity contribution in [3.8, 4) is 6.07 Å². The standard InChI is InChI=1S/C8H19GeNSi/c1-9(2,3)8(7-10)11(4,5)6/h8H,1-6H3. The van der Waals surface area contributed by atoms with Gasteiger partial charge >= 0.3 is 74.0 Å². The van der Waals surface area contributed by atoms with Gasteiger partial charge in [0.1, 0.15) is 0 Å². The molecule has 1 unspecified atom stereocenters. The summed E-state index contributed by atoms with van der Waals surface area (Å²) in [6.07, 6.45) is 0.